The lowest BCUT2D eigenvalue weighted by Crippen LogP contribution is -2.03. The first kappa shape index (κ1) is 14.9. The molecule has 4 nitrogen and oxygen atoms in total. The van der Waals surface area contributed by atoms with Crippen molar-refractivity contribution in [1.82, 2.24) is 9.97 Å². The lowest BCUT2D eigenvalue weighted by atomic mass is 10.0. The molecule has 0 bridgehead atoms. The van der Waals surface area contributed by atoms with Crippen molar-refractivity contribution in [2.75, 3.05) is 12.4 Å². The molecule has 0 aliphatic rings. The van der Waals surface area contributed by atoms with Crippen LogP contribution in [0.3, 0.4) is 0 Å². The Morgan fingerprint density at radius 2 is 2.20 bits per heavy atom. The summed E-state index contributed by atoms with van der Waals surface area (Å²) in [6.45, 7) is 0.666. The van der Waals surface area contributed by atoms with E-state index in [2.05, 4.69) is 15.0 Å². The molecule has 104 valence electrons. The third kappa shape index (κ3) is 3.74. The van der Waals surface area contributed by atoms with Crippen molar-refractivity contribution >= 4 is 46.7 Å². The molecule has 0 saturated carbocycles. The third-order valence-electron chi connectivity index (χ3n) is 2.78. The van der Waals surface area contributed by atoms with Crippen molar-refractivity contribution in [2.45, 2.75) is 12.3 Å². The van der Waals surface area contributed by atoms with Gasteiger partial charge in [0, 0.05) is 31.1 Å². The van der Waals surface area contributed by atoms with Crippen LogP contribution in [0, 0.1) is 5.41 Å². The van der Waals surface area contributed by atoms with Crippen molar-refractivity contribution in [3.05, 3.63) is 35.1 Å². The summed E-state index contributed by atoms with van der Waals surface area (Å²) >= 11 is 11.5. The van der Waals surface area contributed by atoms with Gasteiger partial charge in [-0.05, 0) is 30.2 Å². The van der Waals surface area contributed by atoms with Crippen molar-refractivity contribution in [3.8, 4) is 0 Å². The summed E-state index contributed by atoms with van der Waals surface area (Å²) in [7, 11) is 0. The highest BCUT2D eigenvalue weighted by molar-refractivity contribution is 6.29. The number of rotatable bonds is 6. The number of nitrogens with one attached hydrogen (secondary N) is 1. The van der Waals surface area contributed by atoms with Gasteiger partial charge in [-0.3, -0.25) is 9.98 Å². The molecule has 1 unspecified atom stereocenters. The van der Waals surface area contributed by atoms with E-state index in [4.69, 9.17) is 28.6 Å². The first-order chi connectivity index (χ1) is 9.74. The summed E-state index contributed by atoms with van der Waals surface area (Å²) < 4.78 is 0. The van der Waals surface area contributed by atoms with Gasteiger partial charge in [0.05, 0.1) is 17.0 Å². The quantitative estimate of drug-likeness (QED) is 0.382. The number of aromatic nitrogens is 2. The largest absolute Gasteiger partial charge is 0.312 e. The average Bonchev–Trinajstić information content (AvgIpc) is 2.46. The van der Waals surface area contributed by atoms with Crippen LogP contribution < -0.4 is 0 Å². The maximum Gasteiger partial charge on any atom is 0.129 e. The van der Waals surface area contributed by atoms with E-state index in [0.29, 0.717) is 17.6 Å². The van der Waals surface area contributed by atoms with Gasteiger partial charge in [-0.2, -0.15) is 0 Å². The number of alkyl halides is 1. The molecule has 2 heterocycles. The summed E-state index contributed by atoms with van der Waals surface area (Å²) in [5.41, 5.74) is 2.37. The first-order valence-electron chi connectivity index (χ1n) is 6.23. The van der Waals surface area contributed by atoms with Crippen LogP contribution in [0.4, 0.5) is 0 Å². The Morgan fingerprint density at radius 1 is 1.35 bits per heavy atom. The molecule has 6 heteroatoms. The van der Waals surface area contributed by atoms with Crippen molar-refractivity contribution in [2.24, 2.45) is 4.99 Å². The first-order valence-corrected chi connectivity index (χ1v) is 7.14. The summed E-state index contributed by atoms with van der Waals surface area (Å²) in [5.74, 6) is 0.384. The van der Waals surface area contributed by atoms with Crippen LogP contribution in [0.2, 0.25) is 5.15 Å². The van der Waals surface area contributed by atoms with E-state index in [1.54, 1.807) is 18.5 Å². The van der Waals surface area contributed by atoms with Gasteiger partial charge >= 0.3 is 0 Å². The fraction of sp³-hybridized carbons (Fsp3) is 0.286. The molecule has 2 aromatic rings. The molecular weight excluding hydrogens is 295 g/mol. The highest BCUT2D eigenvalue weighted by Gasteiger charge is 2.08. The Kier molecular flexibility index (Phi) is 5.44. The van der Waals surface area contributed by atoms with Gasteiger partial charge in [0.25, 0.3) is 0 Å². The number of hydrogen-bond acceptors (Lipinski definition) is 4. The second-order valence-electron chi connectivity index (χ2n) is 4.23. The molecule has 2 rings (SSSR count). The minimum atomic E-state index is -0.206. The normalized spacial score (nSPS) is 12.9. The smallest absolute Gasteiger partial charge is 0.129 e. The molecule has 0 radical (unpaired) electrons. The van der Waals surface area contributed by atoms with Gasteiger partial charge in [-0.15, -0.1) is 11.6 Å². The van der Waals surface area contributed by atoms with E-state index in [1.165, 1.54) is 6.21 Å². The van der Waals surface area contributed by atoms with Gasteiger partial charge in [0.1, 0.15) is 5.15 Å². The predicted molar refractivity (Wildman–Crippen MR) is 84.8 cm³/mol. The number of pyridine rings is 2. The fourth-order valence-corrected chi connectivity index (χ4v) is 2.02. The minimum absolute atomic E-state index is 0.206. The Labute approximate surface area is 127 Å². The van der Waals surface area contributed by atoms with Crippen LogP contribution in [0.5, 0.6) is 0 Å². The van der Waals surface area contributed by atoms with Crippen LogP contribution in [-0.2, 0) is 0 Å². The van der Waals surface area contributed by atoms with E-state index in [9.17, 15) is 0 Å². The van der Waals surface area contributed by atoms with Gasteiger partial charge in [-0.25, -0.2) is 4.98 Å². The number of halogens is 2. The Balaban J connectivity index is 2.25. The molecule has 0 aliphatic carbocycles. The minimum Gasteiger partial charge on any atom is -0.312 e. The van der Waals surface area contributed by atoms with Gasteiger partial charge in [0.15, 0.2) is 0 Å². The Hall–Kier alpha value is -1.52. The highest BCUT2D eigenvalue weighted by Crippen LogP contribution is 2.18. The fourth-order valence-electron chi connectivity index (χ4n) is 1.74. The van der Waals surface area contributed by atoms with Crippen molar-refractivity contribution in [3.63, 3.8) is 0 Å². The molecule has 0 saturated heterocycles. The molecule has 2 aromatic heterocycles. The third-order valence-corrected chi connectivity index (χ3v) is 3.25. The van der Waals surface area contributed by atoms with Crippen LogP contribution in [0.15, 0.2) is 29.4 Å². The second-order valence-corrected chi connectivity index (χ2v) is 5.00. The molecule has 0 aliphatic heterocycles. The molecular formula is C14H14Cl2N4. The molecule has 0 spiro atoms. The van der Waals surface area contributed by atoms with E-state index < -0.39 is 0 Å². The maximum absolute atomic E-state index is 7.51. The van der Waals surface area contributed by atoms with E-state index in [-0.39, 0.29) is 5.92 Å². The summed E-state index contributed by atoms with van der Waals surface area (Å²) in [5, 5.41) is 7.94. The SMILES string of the molecule is N=CC(C=NCCCCl)c1cnc2ccc(Cl)nc2c1. The summed E-state index contributed by atoms with van der Waals surface area (Å²) in [4.78, 5) is 12.8. The zero-order chi connectivity index (χ0) is 14.4. The lowest BCUT2D eigenvalue weighted by Gasteiger charge is -2.07. The number of fused-ring (bicyclic) bond motifs is 1. The van der Waals surface area contributed by atoms with Crippen molar-refractivity contribution < 1.29 is 0 Å². The number of aliphatic imine (C=N–C) groups is 1. The number of nitrogens with zero attached hydrogens (tertiary/aromatic N) is 3. The van der Waals surface area contributed by atoms with Crippen molar-refractivity contribution in [1.29, 1.82) is 5.41 Å². The van der Waals surface area contributed by atoms with Crippen LogP contribution in [0.25, 0.3) is 11.0 Å². The highest BCUT2D eigenvalue weighted by atomic mass is 35.5. The molecule has 0 amide bonds. The molecule has 0 aromatic carbocycles. The molecule has 0 fully saturated rings. The van der Waals surface area contributed by atoms with E-state index in [0.717, 1.165) is 23.0 Å². The van der Waals surface area contributed by atoms with E-state index in [1.807, 2.05) is 12.1 Å². The predicted octanol–water partition coefficient (Wildman–Crippen LogP) is 3.72. The Morgan fingerprint density at radius 3 is 2.95 bits per heavy atom. The topological polar surface area (TPSA) is 62.0 Å². The average molecular weight is 309 g/mol. The zero-order valence-corrected chi connectivity index (χ0v) is 12.3. The maximum atomic E-state index is 7.51. The van der Waals surface area contributed by atoms with Gasteiger partial charge < -0.3 is 5.41 Å². The lowest BCUT2D eigenvalue weighted by molar-refractivity contribution is 0.937. The Bertz CT molecular complexity index is 628. The summed E-state index contributed by atoms with van der Waals surface area (Å²) in [6.07, 6.45) is 5.64. The summed E-state index contributed by atoms with van der Waals surface area (Å²) in [6, 6.07) is 5.41. The molecule has 20 heavy (non-hydrogen) atoms. The second kappa shape index (κ2) is 7.31. The van der Waals surface area contributed by atoms with E-state index >= 15 is 0 Å². The zero-order valence-electron chi connectivity index (χ0n) is 10.8. The number of hydrogen-bond donors (Lipinski definition) is 1. The molecule has 1 atom stereocenters. The van der Waals surface area contributed by atoms with Crippen LogP contribution in [0.1, 0.15) is 17.9 Å². The van der Waals surface area contributed by atoms with Gasteiger partial charge in [-0.1, -0.05) is 11.6 Å². The van der Waals surface area contributed by atoms with Crippen LogP contribution in [-0.4, -0.2) is 34.8 Å². The van der Waals surface area contributed by atoms with Gasteiger partial charge in [0.2, 0.25) is 0 Å². The molecule has 1 N–H and O–H groups in total. The monoisotopic (exact) mass is 308 g/mol. The van der Waals surface area contributed by atoms with Crippen LogP contribution >= 0.6 is 23.2 Å². The standard InChI is InChI=1S/C14H14Cl2N4/c15-4-1-5-18-8-11(7-17)10-6-13-12(19-9-10)2-3-14(16)20-13/h2-3,6-9,11,17H,1,4-5H2.